The second-order valence-corrected chi connectivity index (χ2v) is 9.01. The summed E-state index contributed by atoms with van der Waals surface area (Å²) in [4.78, 5) is 25.0. The number of hydrogen-bond acceptors (Lipinski definition) is 4. The summed E-state index contributed by atoms with van der Waals surface area (Å²) in [7, 11) is 0. The molecule has 3 rings (SSSR count). The van der Waals surface area contributed by atoms with Crippen LogP contribution in [0.2, 0.25) is 0 Å². The van der Waals surface area contributed by atoms with Gasteiger partial charge in [0.2, 0.25) is 0 Å². The third-order valence-corrected chi connectivity index (χ3v) is 7.71. The maximum Gasteiger partial charge on any atom is 0.302 e. The van der Waals surface area contributed by atoms with Gasteiger partial charge in [-0.1, -0.05) is 38.0 Å². The molecule has 144 valence electrons. The van der Waals surface area contributed by atoms with Crippen LogP contribution in [-0.4, -0.2) is 29.6 Å². The molecule has 0 aromatic rings. The fraction of sp³-hybridized carbons (Fsp3) is 0.727. The Morgan fingerprint density at radius 1 is 1.35 bits per heavy atom. The van der Waals surface area contributed by atoms with Crippen LogP contribution >= 0.6 is 0 Å². The summed E-state index contributed by atoms with van der Waals surface area (Å²) in [6.45, 7) is 10.2. The normalized spacial score (nSPS) is 42.3. The Balaban J connectivity index is 2.14. The van der Waals surface area contributed by atoms with Crippen molar-refractivity contribution in [2.75, 3.05) is 6.61 Å². The number of fused-ring (bicyclic) bond motifs is 3. The molecule has 1 fully saturated rings. The molecule has 4 heteroatoms. The molecule has 1 saturated carbocycles. The van der Waals surface area contributed by atoms with E-state index in [0.29, 0.717) is 18.8 Å². The third kappa shape index (κ3) is 2.69. The first-order chi connectivity index (χ1) is 12.2. The van der Waals surface area contributed by atoms with Crippen molar-refractivity contribution >= 4 is 11.8 Å². The highest BCUT2D eigenvalue weighted by molar-refractivity contribution is 5.97. The Bertz CT molecular complexity index is 676. The van der Waals surface area contributed by atoms with Crippen molar-refractivity contribution in [3.63, 3.8) is 0 Å². The molecule has 0 spiro atoms. The molecule has 1 N–H and O–H groups in total. The average molecular weight is 360 g/mol. The molecule has 0 aromatic carbocycles. The fourth-order valence-electron chi connectivity index (χ4n) is 6.02. The summed E-state index contributed by atoms with van der Waals surface area (Å²) in [6, 6.07) is 0. The maximum absolute atomic E-state index is 13.2. The molecule has 0 saturated heterocycles. The fourth-order valence-corrected chi connectivity index (χ4v) is 6.02. The van der Waals surface area contributed by atoms with E-state index in [1.807, 2.05) is 13.0 Å². The molecule has 0 unspecified atom stereocenters. The standard InChI is InChI=1S/C22H32O4/c1-13-6-9-19(26-15(3)24)22(5)16-8-7-14(2)21(4,10-11-23)17(16)12-18(25)20(13)22/h6,12,14,16,19-20,23H,7-11H2,1-5H3/t14-,16+,19-,20+,21+,22+/m1/s1. The maximum atomic E-state index is 13.2. The zero-order valence-corrected chi connectivity index (χ0v) is 16.7. The number of allylic oxidation sites excluding steroid dienone is 3. The number of aliphatic hydroxyl groups excluding tert-OH is 1. The van der Waals surface area contributed by atoms with Crippen molar-refractivity contribution in [3.05, 3.63) is 23.3 Å². The minimum Gasteiger partial charge on any atom is -0.462 e. The Kier molecular flexibility index (Phi) is 4.93. The predicted octanol–water partition coefficient (Wildman–Crippen LogP) is 3.83. The molecule has 0 bridgehead atoms. The summed E-state index contributed by atoms with van der Waals surface area (Å²) in [5.41, 5.74) is 1.67. The summed E-state index contributed by atoms with van der Waals surface area (Å²) in [6.07, 6.45) is 7.05. The largest absolute Gasteiger partial charge is 0.462 e. The number of ether oxygens (including phenoxy) is 1. The van der Waals surface area contributed by atoms with Gasteiger partial charge in [0.05, 0.1) is 5.92 Å². The van der Waals surface area contributed by atoms with Crippen molar-refractivity contribution in [3.8, 4) is 0 Å². The topological polar surface area (TPSA) is 63.6 Å². The predicted molar refractivity (Wildman–Crippen MR) is 100 cm³/mol. The smallest absolute Gasteiger partial charge is 0.302 e. The Morgan fingerprint density at radius 3 is 2.65 bits per heavy atom. The second-order valence-electron chi connectivity index (χ2n) is 9.01. The van der Waals surface area contributed by atoms with Crippen molar-refractivity contribution in [1.29, 1.82) is 0 Å². The number of carbonyl (C=O) groups is 2. The lowest BCUT2D eigenvalue weighted by Gasteiger charge is -2.58. The van der Waals surface area contributed by atoms with E-state index in [0.717, 1.165) is 18.4 Å². The van der Waals surface area contributed by atoms with E-state index in [9.17, 15) is 14.7 Å². The molecular weight excluding hydrogens is 328 g/mol. The number of hydrogen-bond donors (Lipinski definition) is 1. The molecule has 0 amide bonds. The average Bonchev–Trinajstić information content (AvgIpc) is 2.54. The molecule has 0 aliphatic heterocycles. The molecular formula is C22H32O4. The van der Waals surface area contributed by atoms with E-state index in [1.165, 1.54) is 12.5 Å². The van der Waals surface area contributed by atoms with Gasteiger partial charge in [0.15, 0.2) is 5.78 Å². The van der Waals surface area contributed by atoms with Crippen molar-refractivity contribution in [2.24, 2.45) is 28.6 Å². The van der Waals surface area contributed by atoms with Crippen LogP contribution in [0.3, 0.4) is 0 Å². The molecule has 0 heterocycles. The van der Waals surface area contributed by atoms with Gasteiger partial charge in [-0.05, 0) is 49.5 Å². The lowest BCUT2D eigenvalue weighted by Crippen LogP contribution is -2.57. The van der Waals surface area contributed by atoms with E-state index in [4.69, 9.17) is 4.74 Å². The molecule has 3 aliphatic rings. The van der Waals surface area contributed by atoms with Crippen molar-refractivity contribution < 1.29 is 19.4 Å². The number of esters is 1. The van der Waals surface area contributed by atoms with Gasteiger partial charge in [0, 0.05) is 25.4 Å². The van der Waals surface area contributed by atoms with Crippen LogP contribution in [0.15, 0.2) is 23.3 Å². The first-order valence-electron chi connectivity index (χ1n) is 9.86. The second kappa shape index (κ2) is 6.63. The van der Waals surface area contributed by atoms with E-state index in [1.54, 1.807) is 0 Å². The van der Waals surface area contributed by atoms with Gasteiger partial charge in [-0.2, -0.15) is 0 Å². The Morgan fingerprint density at radius 2 is 2.04 bits per heavy atom. The molecule has 3 aliphatic carbocycles. The minimum absolute atomic E-state index is 0.117. The quantitative estimate of drug-likeness (QED) is 0.614. The van der Waals surface area contributed by atoms with Crippen molar-refractivity contribution in [1.82, 2.24) is 0 Å². The number of aliphatic hydroxyl groups is 1. The van der Waals surface area contributed by atoms with Gasteiger partial charge in [-0.15, -0.1) is 0 Å². The highest BCUT2D eigenvalue weighted by atomic mass is 16.5. The summed E-state index contributed by atoms with van der Waals surface area (Å²) >= 11 is 0. The molecule has 0 radical (unpaired) electrons. The van der Waals surface area contributed by atoms with Crippen molar-refractivity contribution in [2.45, 2.75) is 66.4 Å². The summed E-state index contributed by atoms with van der Waals surface area (Å²) in [5.74, 6) is 0.237. The van der Waals surface area contributed by atoms with E-state index >= 15 is 0 Å². The molecule has 26 heavy (non-hydrogen) atoms. The molecule has 4 nitrogen and oxygen atoms in total. The van der Waals surface area contributed by atoms with Crippen LogP contribution in [0.4, 0.5) is 0 Å². The van der Waals surface area contributed by atoms with Crippen LogP contribution in [0.5, 0.6) is 0 Å². The summed E-state index contributed by atoms with van der Waals surface area (Å²) < 4.78 is 5.75. The highest BCUT2D eigenvalue weighted by Gasteiger charge is 2.60. The van der Waals surface area contributed by atoms with E-state index < -0.39 is 5.41 Å². The highest BCUT2D eigenvalue weighted by Crippen LogP contribution is 2.62. The first kappa shape index (κ1) is 19.3. The first-order valence-corrected chi connectivity index (χ1v) is 9.86. The van der Waals surface area contributed by atoms with Gasteiger partial charge < -0.3 is 9.84 Å². The number of carbonyl (C=O) groups excluding carboxylic acids is 2. The van der Waals surface area contributed by atoms with Crippen LogP contribution in [0.1, 0.15) is 60.3 Å². The van der Waals surface area contributed by atoms with Crippen LogP contribution in [-0.2, 0) is 14.3 Å². The Labute approximate surface area is 156 Å². The van der Waals surface area contributed by atoms with Gasteiger partial charge in [-0.25, -0.2) is 0 Å². The Hall–Kier alpha value is -1.42. The van der Waals surface area contributed by atoms with Crippen LogP contribution in [0, 0.1) is 28.6 Å². The zero-order valence-electron chi connectivity index (χ0n) is 16.7. The third-order valence-electron chi connectivity index (χ3n) is 7.71. The van der Waals surface area contributed by atoms with Gasteiger partial charge >= 0.3 is 5.97 Å². The van der Waals surface area contributed by atoms with Gasteiger partial charge in [0.25, 0.3) is 0 Å². The van der Waals surface area contributed by atoms with Crippen LogP contribution < -0.4 is 0 Å². The zero-order chi connectivity index (χ0) is 19.3. The van der Waals surface area contributed by atoms with E-state index in [-0.39, 0.29) is 41.7 Å². The lowest BCUT2D eigenvalue weighted by atomic mass is 9.46. The number of ketones is 1. The minimum atomic E-state index is -0.414. The van der Waals surface area contributed by atoms with Gasteiger partial charge in [0.1, 0.15) is 6.10 Å². The van der Waals surface area contributed by atoms with Gasteiger partial charge in [-0.3, -0.25) is 9.59 Å². The SMILES string of the molecule is CC(=O)O[C@@H]1CC=C(C)[C@H]2C(=O)C=C3[C@H](CC[C@@H](C)[C@]3(C)CCO)[C@]21C. The lowest BCUT2D eigenvalue weighted by molar-refractivity contribution is -0.164. The van der Waals surface area contributed by atoms with E-state index in [2.05, 4.69) is 26.8 Å². The molecule has 0 aromatic heterocycles. The number of rotatable bonds is 3. The summed E-state index contributed by atoms with van der Waals surface area (Å²) in [5, 5.41) is 9.68. The molecule has 6 atom stereocenters. The monoisotopic (exact) mass is 360 g/mol. The van der Waals surface area contributed by atoms with Crippen LogP contribution in [0.25, 0.3) is 0 Å².